The van der Waals surface area contributed by atoms with Gasteiger partial charge in [-0.3, -0.25) is 9.59 Å². The molecule has 0 unspecified atom stereocenters. The third-order valence-corrected chi connectivity index (χ3v) is 5.19. The molecule has 1 fully saturated rings. The predicted molar refractivity (Wildman–Crippen MR) is 81.7 cm³/mol. The standard InChI is InChI=1S/C15H22N2O3S/c1-9(2)14-16-8-12(21-14)13(18)17-11-7-5-3-4-6-10(11)15(19)20/h8-11H,3-7H2,1-2H3,(H,17,18)(H,19,20)/t10-,11+/m1/s1. The number of amides is 1. The van der Waals surface area contributed by atoms with Crippen molar-refractivity contribution >= 4 is 23.2 Å². The molecule has 6 heteroatoms. The summed E-state index contributed by atoms with van der Waals surface area (Å²) in [4.78, 5) is 28.5. The number of aromatic nitrogens is 1. The Morgan fingerprint density at radius 3 is 2.67 bits per heavy atom. The van der Waals surface area contributed by atoms with Crippen molar-refractivity contribution in [3.8, 4) is 0 Å². The first-order valence-corrected chi connectivity index (χ1v) is 8.30. The van der Waals surface area contributed by atoms with E-state index >= 15 is 0 Å². The number of carbonyl (C=O) groups is 2. The van der Waals surface area contributed by atoms with Gasteiger partial charge in [-0.15, -0.1) is 11.3 Å². The van der Waals surface area contributed by atoms with Crippen molar-refractivity contribution in [3.05, 3.63) is 16.1 Å². The van der Waals surface area contributed by atoms with Gasteiger partial charge in [0, 0.05) is 12.0 Å². The largest absolute Gasteiger partial charge is 0.481 e. The van der Waals surface area contributed by atoms with Crippen molar-refractivity contribution in [2.75, 3.05) is 0 Å². The van der Waals surface area contributed by atoms with Crippen LogP contribution in [0.25, 0.3) is 0 Å². The molecule has 1 heterocycles. The van der Waals surface area contributed by atoms with Crippen molar-refractivity contribution in [1.29, 1.82) is 0 Å². The molecule has 2 rings (SSSR count). The van der Waals surface area contributed by atoms with Gasteiger partial charge in [-0.25, -0.2) is 4.98 Å². The number of hydrogen-bond acceptors (Lipinski definition) is 4. The molecule has 1 aromatic heterocycles. The fourth-order valence-electron chi connectivity index (χ4n) is 2.68. The Balaban J connectivity index is 2.06. The second kappa shape index (κ2) is 7.02. The summed E-state index contributed by atoms with van der Waals surface area (Å²) >= 11 is 1.38. The normalized spacial score (nSPS) is 22.8. The predicted octanol–water partition coefficient (Wildman–Crippen LogP) is 3.03. The molecule has 116 valence electrons. The van der Waals surface area contributed by atoms with E-state index in [4.69, 9.17) is 0 Å². The first-order valence-electron chi connectivity index (χ1n) is 7.48. The fraction of sp³-hybridized carbons (Fsp3) is 0.667. The SMILES string of the molecule is CC(C)c1ncc(C(=O)N[C@H]2CCCCC[C@H]2C(=O)O)s1. The molecule has 0 bridgehead atoms. The van der Waals surface area contributed by atoms with Crippen LogP contribution in [0.4, 0.5) is 0 Å². The molecule has 0 saturated heterocycles. The van der Waals surface area contributed by atoms with Gasteiger partial charge in [-0.2, -0.15) is 0 Å². The monoisotopic (exact) mass is 310 g/mol. The van der Waals surface area contributed by atoms with Gasteiger partial charge in [-0.05, 0) is 12.8 Å². The van der Waals surface area contributed by atoms with E-state index in [1.54, 1.807) is 6.20 Å². The Labute approximate surface area is 128 Å². The zero-order valence-electron chi connectivity index (χ0n) is 12.5. The van der Waals surface area contributed by atoms with Crippen LogP contribution in [0, 0.1) is 5.92 Å². The molecule has 5 nitrogen and oxygen atoms in total. The highest BCUT2D eigenvalue weighted by molar-refractivity contribution is 7.13. The van der Waals surface area contributed by atoms with Gasteiger partial charge in [0.2, 0.25) is 0 Å². The van der Waals surface area contributed by atoms with E-state index in [0.717, 1.165) is 30.7 Å². The van der Waals surface area contributed by atoms with E-state index in [1.165, 1.54) is 11.3 Å². The molecule has 21 heavy (non-hydrogen) atoms. The summed E-state index contributed by atoms with van der Waals surface area (Å²) in [6.45, 7) is 4.07. The molecule has 2 N–H and O–H groups in total. The Morgan fingerprint density at radius 2 is 2.05 bits per heavy atom. The number of aliphatic carboxylic acids is 1. The van der Waals surface area contributed by atoms with Gasteiger partial charge in [0.15, 0.2) is 0 Å². The number of nitrogens with zero attached hydrogens (tertiary/aromatic N) is 1. The van der Waals surface area contributed by atoms with Crippen LogP contribution in [0.2, 0.25) is 0 Å². The second-order valence-corrected chi connectivity index (χ2v) is 6.94. The van der Waals surface area contributed by atoms with Gasteiger partial charge in [-0.1, -0.05) is 33.1 Å². The fourth-order valence-corrected chi connectivity index (χ4v) is 3.50. The van der Waals surface area contributed by atoms with Crippen molar-refractivity contribution in [2.24, 2.45) is 5.92 Å². The van der Waals surface area contributed by atoms with E-state index in [2.05, 4.69) is 10.3 Å². The Morgan fingerprint density at radius 1 is 1.33 bits per heavy atom. The maximum absolute atomic E-state index is 12.3. The molecular weight excluding hydrogens is 288 g/mol. The highest BCUT2D eigenvalue weighted by atomic mass is 32.1. The summed E-state index contributed by atoms with van der Waals surface area (Å²) in [5.41, 5.74) is 0. The molecule has 1 aliphatic carbocycles. The van der Waals surface area contributed by atoms with Gasteiger partial charge in [0.25, 0.3) is 5.91 Å². The third kappa shape index (κ3) is 4.03. The molecule has 2 atom stereocenters. The van der Waals surface area contributed by atoms with Crippen LogP contribution in [-0.2, 0) is 4.79 Å². The van der Waals surface area contributed by atoms with Crippen LogP contribution < -0.4 is 5.32 Å². The number of thiazole rings is 1. The van der Waals surface area contributed by atoms with Gasteiger partial charge >= 0.3 is 5.97 Å². The Hall–Kier alpha value is -1.43. The lowest BCUT2D eigenvalue weighted by molar-refractivity contribution is -0.142. The Bertz CT molecular complexity index is 513. The lowest BCUT2D eigenvalue weighted by Gasteiger charge is -2.22. The quantitative estimate of drug-likeness (QED) is 0.838. The summed E-state index contributed by atoms with van der Waals surface area (Å²) in [6, 6.07) is -0.276. The second-order valence-electron chi connectivity index (χ2n) is 5.88. The number of nitrogens with one attached hydrogen (secondary N) is 1. The van der Waals surface area contributed by atoms with Crippen molar-refractivity contribution < 1.29 is 14.7 Å². The summed E-state index contributed by atoms with van der Waals surface area (Å²) in [6.07, 6.45) is 5.88. The highest BCUT2D eigenvalue weighted by Crippen LogP contribution is 2.25. The molecule has 0 spiro atoms. The summed E-state index contributed by atoms with van der Waals surface area (Å²) in [7, 11) is 0. The van der Waals surface area contributed by atoms with Crippen molar-refractivity contribution in [2.45, 2.75) is 57.9 Å². The molecule has 1 aliphatic rings. The number of carboxylic acid groups (broad SMARTS) is 1. The van der Waals surface area contributed by atoms with Gasteiger partial charge in [0.1, 0.15) is 4.88 Å². The molecule has 1 amide bonds. The molecule has 1 saturated carbocycles. The minimum atomic E-state index is -0.811. The summed E-state index contributed by atoms with van der Waals surface area (Å²) < 4.78 is 0. The van der Waals surface area contributed by atoms with Crippen LogP contribution in [0.1, 0.15) is 66.5 Å². The minimum Gasteiger partial charge on any atom is -0.481 e. The number of carbonyl (C=O) groups excluding carboxylic acids is 1. The van der Waals surface area contributed by atoms with Crippen LogP contribution in [-0.4, -0.2) is 28.0 Å². The molecule has 1 aromatic rings. The van der Waals surface area contributed by atoms with E-state index in [1.807, 2.05) is 13.8 Å². The van der Waals surface area contributed by atoms with Crippen molar-refractivity contribution in [1.82, 2.24) is 10.3 Å². The summed E-state index contributed by atoms with van der Waals surface area (Å²) in [5, 5.41) is 13.2. The zero-order chi connectivity index (χ0) is 15.4. The lowest BCUT2D eigenvalue weighted by atomic mass is 9.95. The Kier molecular flexibility index (Phi) is 5.33. The average molecular weight is 310 g/mol. The lowest BCUT2D eigenvalue weighted by Crippen LogP contribution is -2.42. The van der Waals surface area contributed by atoms with E-state index < -0.39 is 11.9 Å². The van der Waals surface area contributed by atoms with E-state index in [-0.39, 0.29) is 11.9 Å². The van der Waals surface area contributed by atoms with Crippen LogP contribution >= 0.6 is 11.3 Å². The smallest absolute Gasteiger partial charge is 0.308 e. The van der Waals surface area contributed by atoms with Gasteiger partial charge in [0.05, 0.1) is 17.1 Å². The van der Waals surface area contributed by atoms with Crippen LogP contribution in [0.5, 0.6) is 0 Å². The average Bonchev–Trinajstić information content (AvgIpc) is 2.81. The van der Waals surface area contributed by atoms with Crippen LogP contribution in [0.3, 0.4) is 0 Å². The van der Waals surface area contributed by atoms with E-state index in [0.29, 0.717) is 17.2 Å². The number of hydrogen-bond donors (Lipinski definition) is 2. The van der Waals surface area contributed by atoms with Gasteiger partial charge < -0.3 is 10.4 Å². The van der Waals surface area contributed by atoms with E-state index in [9.17, 15) is 14.7 Å². The maximum Gasteiger partial charge on any atom is 0.308 e. The molecule has 0 aromatic carbocycles. The van der Waals surface area contributed by atoms with Crippen LogP contribution in [0.15, 0.2) is 6.20 Å². The first kappa shape index (κ1) is 15.9. The molecular formula is C15H22N2O3S. The zero-order valence-corrected chi connectivity index (χ0v) is 13.3. The number of carboxylic acids is 1. The minimum absolute atomic E-state index is 0.197. The number of rotatable bonds is 4. The molecule has 0 aliphatic heterocycles. The topological polar surface area (TPSA) is 79.3 Å². The highest BCUT2D eigenvalue weighted by Gasteiger charge is 2.31. The summed E-state index contributed by atoms with van der Waals surface area (Å²) in [5.74, 6) is -1.19. The maximum atomic E-state index is 12.3. The van der Waals surface area contributed by atoms with Crippen molar-refractivity contribution in [3.63, 3.8) is 0 Å². The molecule has 0 radical (unpaired) electrons. The third-order valence-electron chi connectivity index (χ3n) is 3.89. The first-order chi connectivity index (χ1) is 9.99.